The molecule has 0 spiro atoms. The van der Waals surface area contributed by atoms with Gasteiger partial charge in [0.1, 0.15) is 0 Å². The summed E-state index contributed by atoms with van der Waals surface area (Å²) in [5.41, 5.74) is 0.420. The van der Waals surface area contributed by atoms with Gasteiger partial charge in [-0.05, 0) is 18.1 Å². The van der Waals surface area contributed by atoms with Crippen LogP contribution in [0.15, 0.2) is 17.2 Å². The maximum absolute atomic E-state index is 13.1. The minimum atomic E-state index is -0.895. The van der Waals surface area contributed by atoms with Gasteiger partial charge in [-0.25, -0.2) is 8.78 Å². The van der Waals surface area contributed by atoms with Gasteiger partial charge < -0.3 is 5.84 Å². The number of rotatable bonds is 2. The lowest BCUT2D eigenvalue weighted by molar-refractivity contribution is 0.499. The van der Waals surface area contributed by atoms with Crippen molar-refractivity contribution in [3.8, 4) is 0 Å². The highest BCUT2D eigenvalue weighted by Crippen LogP contribution is 2.15. The second-order valence-electron chi connectivity index (χ2n) is 2.57. The molecule has 2 nitrogen and oxygen atoms in total. The van der Waals surface area contributed by atoms with Crippen LogP contribution in [0.4, 0.5) is 8.78 Å². The molecular formula is C9H10F2N2. The van der Waals surface area contributed by atoms with Crippen LogP contribution in [0.25, 0.3) is 0 Å². The summed E-state index contributed by atoms with van der Waals surface area (Å²) in [4.78, 5) is 0. The van der Waals surface area contributed by atoms with Gasteiger partial charge in [-0.15, -0.1) is 0 Å². The van der Waals surface area contributed by atoms with Crippen molar-refractivity contribution < 1.29 is 8.78 Å². The predicted octanol–water partition coefficient (Wildman–Crippen LogP) is 1.82. The average Bonchev–Trinajstić information content (AvgIpc) is 2.14. The van der Waals surface area contributed by atoms with Crippen molar-refractivity contribution in [2.75, 3.05) is 0 Å². The van der Waals surface area contributed by atoms with E-state index in [0.29, 0.717) is 12.0 Å². The lowest BCUT2D eigenvalue weighted by Crippen LogP contribution is -1.99. The Bertz CT molecular complexity index is 335. The molecule has 0 saturated heterocycles. The van der Waals surface area contributed by atoms with Crippen molar-refractivity contribution >= 4 is 6.21 Å². The van der Waals surface area contributed by atoms with Crippen molar-refractivity contribution in [3.05, 3.63) is 34.9 Å². The van der Waals surface area contributed by atoms with Crippen molar-refractivity contribution in [1.29, 1.82) is 0 Å². The molecule has 0 unspecified atom stereocenters. The molecule has 0 aromatic heterocycles. The maximum atomic E-state index is 13.1. The summed E-state index contributed by atoms with van der Waals surface area (Å²) >= 11 is 0. The highest BCUT2D eigenvalue weighted by atomic mass is 19.2. The molecule has 0 bridgehead atoms. The molecule has 1 rings (SSSR count). The molecule has 0 saturated carbocycles. The smallest absolute Gasteiger partial charge is 0.167 e. The van der Waals surface area contributed by atoms with E-state index in [4.69, 9.17) is 5.84 Å². The second-order valence-corrected chi connectivity index (χ2v) is 2.57. The Morgan fingerprint density at radius 3 is 2.62 bits per heavy atom. The fraction of sp³-hybridized carbons (Fsp3) is 0.222. The zero-order valence-electron chi connectivity index (χ0n) is 7.22. The molecule has 0 amide bonds. The topological polar surface area (TPSA) is 38.4 Å². The van der Waals surface area contributed by atoms with Crippen molar-refractivity contribution in [2.45, 2.75) is 13.3 Å². The van der Waals surface area contributed by atoms with E-state index >= 15 is 0 Å². The zero-order chi connectivity index (χ0) is 9.84. The molecular weight excluding hydrogens is 174 g/mol. The minimum Gasteiger partial charge on any atom is -0.323 e. The summed E-state index contributed by atoms with van der Waals surface area (Å²) in [6.45, 7) is 1.76. The molecule has 0 aliphatic heterocycles. The van der Waals surface area contributed by atoms with E-state index in [2.05, 4.69) is 5.10 Å². The maximum Gasteiger partial charge on any atom is 0.167 e. The Hall–Kier alpha value is -1.45. The quantitative estimate of drug-likeness (QED) is 0.425. The minimum absolute atomic E-state index is 0.0669. The van der Waals surface area contributed by atoms with E-state index in [1.807, 2.05) is 0 Å². The van der Waals surface area contributed by atoms with Crippen LogP contribution in [0.3, 0.4) is 0 Å². The standard InChI is InChI=1S/C9H10F2N2/c1-2-6-3-4-7(5-13-12)9(11)8(6)10/h3-5H,2,12H2,1H3. The Morgan fingerprint density at radius 2 is 2.08 bits per heavy atom. The fourth-order valence-electron chi connectivity index (χ4n) is 1.06. The van der Waals surface area contributed by atoms with Crippen molar-refractivity contribution in [3.63, 3.8) is 0 Å². The molecule has 0 atom stereocenters. The molecule has 0 radical (unpaired) electrons. The summed E-state index contributed by atoms with van der Waals surface area (Å²) in [6, 6.07) is 2.98. The Labute approximate surface area is 75.1 Å². The third-order valence-corrected chi connectivity index (χ3v) is 1.79. The van der Waals surface area contributed by atoms with Gasteiger partial charge in [-0.2, -0.15) is 5.10 Å². The molecule has 4 heteroatoms. The van der Waals surface area contributed by atoms with E-state index in [1.54, 1.807) is 6.92 Å². The average molecular weight is 184 g/mol. The van der Waals surface area contributed by atoms with Crippen LogP contribution in [0, 0.1) is 11.6 Å². The van der Waals surface area contributed by atoms with Crippen LogP contribution in [-0.4, -0.2) is 6.21 Å². The van der Waals surface area contributed by atoms with Crippen LogP contribution in [-0.2, 0) is 6.42 Å². The normalized spacial score (nSPS) is 11.0. The molecule has 13 heavy (non-hydrogen) atoms. The van der Waals surface area contributed by atoms with Gasteiger partial charge in [0.05, 0.1) is 6.21 Å². The summed E-state index contributed by atoms with van der Waals surface area (Å²) < 4.78 is 26.2. The zero-order valence-corrected chi connectivity index (χ0v) is 7.22. The summed E-state index contributed by atoms with van der Waals surface area (Å²) in [6.07, 6.45) is 1.54. The lowest BCUT2D eigenvalue weighted by atomic mass is 10.1. The number of benzene rings is 1. The van der Waals surface area contributed by atoms with Gasteiger partial charge in [0.15, 0.2) is 11.6 Å². The van der Waals surface area contributed by atoms with E-state index in [9.17, 15) is 8.78 Å². The first-order valence-corrected chi connectivity index (χ1v) is 3.90. The molecule has 70 valence electrons. The van der Waals surface area contributed by atoms with E-state index in [1.165, 1.54) is 12.1 Å². The van der Waals surface area contributed by atoms with Crippen LogP contribution in [0.2, 0.25) is 0 Å². The van der Waals surface area contributed by atoms with Gasteiger partial charge in [0.25, 0.3) is 0 Å². The van der Waals surface area contributed by atoms with Gasteiger partial charge in [-0.1, -0.05) is 13.0 Å². The van der Waals surface area contributed by atoms with Crippen LogP contribution in [0.1, 0.15) is 18.1 Å². The first-order chi connectivity index (χ1) is 6.20. The summed E-state index contributed by atoms with van der Waals surface area (Å²) in [5, 5.41) is 3.13. The van der Waals surface area contributed by atoms with E-state index in [-0.39, 0.29) is 5.56 Å². The van der Waals surface area contributed by atoms with Crippen molar-refractivity contribution in [2.24, 2.45) is 10.9 Å². The number of nitrogens with two attached hydrogens (primary N) is 1. The fourth-order valence-corrected chi connectivity index (χ4v) is 1.06. The molecule has 0 fully saturated rings. The number of nitrogens with zero attached hydrogens (tertiary/aromatic N) is 1. The lowest BCUT2D eigenvalue weighted by Gasteiger charge is -2.02. The third kappa shape index (κ3) is 1.83. The van der Waals surface area contributed by atoms with E-state index in [0.717, 1.165) is 6.21 Å². The first-order valence-electron chi connectivity index (χ1n) is 3.90. The number of hydrogen-bond donors (Lipinski definition) is 1. The molecule has 0 heterocycles. The molecule has 2 N–H and O–H groups in total. The van der Waals surface area contributed by atoms with Gasteiger partial charge >= 0.3 is 0 Å². The summed E-state index contributed by atoms with van der Waals surface area (Å²) in [5.74, 6) is 3.12. The number of aryl methyl sites for hydroxylation is 1. The van der Waals surface area contributed by atoms with Crippen LogP contribution >= 0.6 is 0 Å². The largest absolute Gasteiger partial charge is 0.323 e. The highest BCUT2D eigenvalue weighted by molar-refractivity contribution is 5.79. The Morgan fingerprint density at radius 1 is 1.38 bits per heavy atom. The monoisotopic (exact) mass is 184 g/mol. The third-order valence-electron chi connectivity index (χ3n) is 1.79. The summed E-state index contributed by atoms with van der Waals surface area (Å²) in [7, 11) is 0. The predicted molar refractivity (Wildman–Crippen MR) is 47.5 cm³/mol. The van der Waals surface area contributed by atoms with Gasteiger partial charge in [0, 0.05) is 5.56 Å². The Balaban J connectivity index is 3.22. The molecule has 0 aliphatic rings. The SMILES string of the molecule is CCc1ccc(C=NN)c(F)c1F. The van der Waals surface area contributed by atoms with Crippen molar-refractivity contribution in [1.82, 2.24) is 0 Å². The molecule has 1 aromatic rings. The molecule has 0 aliphatic carbocycles. The van der Waals surface area contributed by atoms with Gasteiger partial charge in [0.2, 0.25) is 0 Å². The highest BCUT2D eigenvalue weighted by Gasteiger charge is 2.10. The molecule has 1 aromatic carbocycles. The number of halogens is 2. The van der Waals surface area contributed by atoms with Crippen LogP contribution < -0.4 is 5.84 Å². The second kappa shape index (κ2) is 3.98. The number of hydrazone groups is 1. The Kier molecular flexibility index (Phi) is 2.95. The number of hydrogen-bond acceptors (Lipinski definition) is 2. The first kappa shape index (κ1) is 9.64. The van der Waals surface area contributed by atoms with Crippen LogP contribution in [0.5, 0.6) is 0 Å². The van der Waals surface area contributed by atoms with E-state index < -0.39 is 11.6 Å². The van der Waals surface area contributed by atoms with Gasteiger partial charge in [-0.3, -0.25) is 0 Å².